The van der Waals surface area contributed by atoms with Gasteiger partial charge in [-0.25, -0.2) is 0 Å². The third kappa shape index (κ3) is 3.24. The number of rotatable bonds is 2. The molecule has 1 aromatic heterocycles. The van der Waals surface area contributed by atoms with Crippen molar-refractivity contribution in [1.82, 2.24) is 14.8 Å². The summed E-state index contributed by atoms with van der Waals surface area (Å²) in [5.74, 6) is 0.110. The summed E-state index contributed by atoms with van der Waals surface area (Å²) in [6.45, 7) is 5.75. The molecule has 5 heteroatoms. The number of aryl methyl sites for hydroxylation is 1. The zero-order valence-electron chi connectivity index (χ0n) is 12.7. The Kier molecular flexibility index (Phi) is 4.22. The molecule has 0 spiro atoms. The van der Waals surface area contributed by atoms with Gasteiger partial charge in [0.2, 0.25) is 0 Å². The van der Waals surface area contributed by atoms with Crippen LogP contribution in [0.15, 0.2) is 18.3 Å². The average Bonchev–Trinajstić information content (AvgIpc) is 2.98. The summed E-state index contributed by atoms with van der Waals surface area (Å²) in [4.78, 5) is 21.2. The van der Waals surface area contributed by atoms with Gasteiger partial charge in [0.1, 0.15) is 0 Å². The molecule has 2 aliphatic heterocycles. The molecule has 1 unspecified atom stereocenters. The molecule has 1 aromatic rings. The molecule has 3 heterocycles. The Morgan fingerprint density at radius 3 is 2.67 bits per heavy atom. The quantitative estimate of drug-likeness (QED) is 0.883. The van der Waals surface area contributed by atoms with Crippen LogP contribution in [0.3, 0.4) is 0 Å². The van der Waals surface area contributed by atoms with Crippen LogP contribution < -0.4 is 5.73 Å². The van der Waals surface area contributed by atoms with E-state index in [4.69, 9.17) is 5.73 Å². The molecule has 0 bridgehead atoms. The van der Waals surface area contributed by atoms with Crippen molar-refractivity contribution in [3.63, 3.8) is 0 Å². The molecule has 1 atom stereocenters. The van der Waals surface area contributed by atoms with Gasteiger partial charge in [-0.1, -0.05) is 0 Å². The van der Waals surface area contributed by atoms with E-state index < -0.39 is 0 Å². The highest BCUT2D eigenvalue weighted by Gasteiger charge is 2.32. The van der Waals surface area contributed by atoms with Gasteiger partial charge in [0, 0.05) is 37.1 Å². The van der Waals surface area contributed by atoms with Gasteiger partial charge in [0.25, 0.3) is 5.91 Å². The maximum absolute atomic E-state index is 12.5. The number of likely N-dealkylation sites (tertiary alicyclic amines) is 2. The summed E-state index contributed by atoms with van der Waals surface area (Å²) >= 11 is 0. The van der Waals surface area contributed by atoms with E-state index in [-0.39, 0.29) is 5.91 Å². The smallest absolute Gasteiger partial charge is 0.255 e. The highest BCUT2D eigenvalue weighted by atomic mass is 16.2. The molecule has 0 radical (unpaired) electrons. The first kappa shape index (κ1) is 14.5. The third-order valence-corrected chi connectivity index (χ3v) is 4.70. The first-order valence-corrected chi connectivity index (χ1v) is 7.85. The number of amides is 1. The number of nitrogens with two attached hydrogens (primary N) is 1. The third-order valence-electron chi connectivity index (χ3n) is 4.70. The number of nitrogens with zero attached hydrogens (tertiary/aromatic N) is 3. The van der Waals surface area contributed by atoms with Crippen LogP contribution in [-0.4, -0.2) is 59.0 Å². The predicted octanol–water partition coefficient (Wildman–Crippen LogP) is 1.03. The van der Waals surface area contributed by atoms with Crippen molar-refractivity contribution < 1.29 is 4.79 Å². The molecule has 2 N–H and O–H groups in total. The SMILES string of the molecule is Cc1ccc(C(=O)N2CCC(N3CCC(N)CC3)C2)cn1. The second-order valence-corrected chi connectivity index (χ2v) is 6.26. The summed E-state index contributed by atoms with van der Waals surface area (Å²) in [7, 11) is 0. The summed E-state index contributed by atoms with van der Waals surface area (Å²) in [6, 6.07) is 4.63. The van der Waals surface area contributed by atoms with Crippen LogP contribution in [0, 0.1) is 6.92 Å². The fraction of sp³-hybridized carbons (Fsp3) is 0.625. The van der Waals surface area contributed by atoms with E-state index in [9.17, 15) is 4.79 Å². The summed E-state index contributed by atoms with van der Waals surface area (Å²) < 4.78 is 0. The number of pyridine rings is 1. The van der Waals surface area contributed by atoms with Crippen LogP contribution in [0.1, 0.15) is 35.3 Å². The van der Waals surface area contributed by atoms with Gasteiger partial charge < -0.3 is 10.6 Å². The second kappa shape index (κ2) is 6.12. The van der Waals surface area contributed by atoms with E-state index in [2.05, 4.69) is 9.88 Å². The number of carbonyl (C=O) groups is 1. The first-order chi connectivity index (χ1) is 10.1. The normalized spacial score (nSPS) is 24.5. The van der Waals surface area contributed by atoms with E-state index in [1.807, 2.05) is 24.0 Å². The molecule has 2 fully saturated rings. The largest absolute Gasteiger partial charge is 0.337 e. The number of carbonyl (C=O) groups excluding carboxylic acids is 1. The molecule has 2 aliphatic rings. The lowest BCUT2D eigenvalue weighted by Gasteiger charge is -2.34. The van der Waals surface area contributed by atoms with Crippen molar-refractivity contribution in [2.24, 2.45) is 5.73 Å². The summed E-state index contributed by atoms with van der Waals surface area (Å²) in [5, 5.41) is 0. The van der Waals surface area contributed by atoms with Gasteiger partial charge in [-0.3, -0.25) is 14.7 Å². The zero-order chi connectivity index (χ0) is 14.8. The van der Waals surface area contributed by atoms with Gasteiger partial charge in [0.05, 0.1) is 5.56 Å². The Morgan fingerprint density at radius 1 is 1.24 bits per heavy atom. The molecule has 0 saturated carbocycles. The molecular weight excluding hydrogens is 264 g/mol. The van der Waals surface area contributed by atoms with Gasteiger partial charge in [-0.05, 0) is 51.4 Å². The molecule has 0 aromatic carbocycles. The minimum Gasteiger partial charge on any atom is -0.337 e. The molecule has 3 rings (SSSR count). The Bertz CT molecular complexity index is 494. The maximum Gasteiger partial charge on any atom is 0.255 e. The van der Waals surface area contributed by atoms with Gasteiger partial charge in [0.15, 0.2) is 0 Å². The van der Waals surface area contributed by atoms with E-state index in [1.54, 1.807) is 6.20 Å². The van der Waals surface area contributed by atoms with E-state index in [0.717, 1.165) is 51.1 Å². The van der Waals surface area contributed by atoms with Gasteiger partial charge in [-0.15, -0.1) is 0 Å². The maximum atomic E-state index is 12.5. The van der Waals surface area contributed by atoms with Crippen molar-refractivity contribution in [3.8, 4) is 0 Å². The van der Waals surface area contributed by atoms with Gasteiger partial charge >= 0.3 is 0 Å². The number of hydrogen-bond donors (Lipinski definition) is 1. The van der Waals surface area contributed by atoms with Crippen LogP contribution in [0.4, 0.5) is 0 Å². The average molecular weight is 288 g/mol. The number of aromatic nitrogens is 1. The van der Waals surface area contributed by atoms with Crippen molar-refractivity contribution in [3.05, 3.63) is 29.6 Å². The predicted molar refractivity (Wildman–Crippen MR) is 82.1 cm³/mol. The monoisotopic (exact) mass is 288 g/mol. The van der Waals surface area contributed by atoms with E-state index >= 15 is 0 Å². The Morgan fingerprint density at radius 2 is 2.00 bits per heavy atom. The van der Waals surface area contributed by atoms with E-state index in [0.29, 0.717) is 17.6 Å². The summed E-state index contributed by atoms with van der Waals surface area (Å²) in [6.07, 6.45) is 4.91. The Hall–Kier alpha value is -1.46. The Labute approximate surface area is 126 Å². The lowest BCUT2D eigenvalue weighted by molar-refractivity contribution is 0.0769. The van der Waals surface area contributed by atoms with Crippen LogP contribution >= 0.6 is 0 Å². The zero-order valence-corrected chi connectivity index (χ0v) is 12.7. The Balaban J connectivity index is 1.59. The summed E-state index contributed by atoms with van der Waals surface area (Å²) in [5.41, 5.74) is 7.60. The molecule has 5 nitrogen and oxygen atoms in total. The minimum absolute atomic E-state index is 0.110. The first-order valence-electron chi connectivity index (χ1n) is 7.85. The fourth-order valence-corrected chi connectivity index (χ4v) is 3.29. The molecule has 114 valence electrons. The molecule has 1 amide bonds. The van der Waals surface area contributed by atoms with E-state index in [1.165, 1.54) is 0 Å². The lowest BCUT2D eigenvalue weighted by Crippen LogP contribution is -2.46. The van der Waals surface area contributed by atoms with Crippen LogP contribution in [-0.2, 0) is 0 Å². The minimum atomic E-state index is 0.110. The standard InChI is InChI=1S/C16H24N4O/c1-12-2-3-13(10-18-12)16(21)20-9-6-15(11-20)19-7-4-14(17)5-8-19/h2-3,10,14-15H,4-9,11,17H2,1H3. The van der Waals surface area contributed by atoms with Crippen molar-refractivity contribution in [2.75, 3.05) is 26.2 Å². The highest BCUT2D eigenvalue weighted by Crippen LogP contribution is 2.21. The molecule has 21 heavy (non-hydrogen) atoms. The highest BCUT2D eigenvalue weighted by molar-refractivity contribution is 5.94. The topological polar surface area (TPSA) is 62.5 Å². The van der Waals surface area contributed by atoms with Crippen molar-refractivity contribution in [2.45, 2.75) is 38.3 Å². The molecule has 2 saturated heterocycles. The molecular formula is C16H24N4O. The van der Waals surface area contributed by atoms with Gasteiger partial charge in [-0.2, -0.15) is 0 Å². The van der Waals surface area contributed by atoms with Crippen LogP contribution in [0.5, 0.6) is 0 Å². The lowest BCUT2D eigenvalue weighted by atomic mass is 10.0. The van der Waals surface area contributed by atoms with Crippen LogP contribution in [0.2, 0.25) is 0 Å². The number of piperidine rings is 1. The van der Waals surface area contributed by atoms with Crippen molar-refractivity contribution >= 4 is 5.91 Å². The molecule has 0 aliphatic carbocycles. The fourth-order valence-electron chi connectivity index (χ4n) is 3.29. The van der Waals surface area contributed by atoms with Crippen molar-refractivity contribution in [1.29, 1.82) is 0 Å². The van der Waals surface area contributed by atoms with Crippen LogP contribution in [0.25, 0.3) is 0 Å². The number of hydrogen-bond acceptors (Lipinski definition) is 4. The second-order valence-electron chi connectivity index (χ2n) is 6.26.